The lowest BCUT2D eigenvalue weighted by Gasteiger charge is -2.29. The molecule has 0 saturated carbocycles. The lowest BCUT2D eigenvalue weighted by atomic mass is 10.0. The summed E-state index contributed by atoms with van der Waals surface area (Å²) in [5, 5.41) is 4.27. The average molecular weight is 348 g/mol. The van der Waals surface area contributed by atoms with E-state index in [2.05, 4.69) is 5.10 Å². The fourth-order valence-corrected chi connectivity index (χ4v) is 3.18. The highest BCUT2D eigenvalue weighted by atomic mass is 35.5. The Hall–Kier alpha value is -2.34. The van der Waals surface area contributed by atoms with Gasteiger partial charge in [-0.1, -0.05) is 29.8 Å². The first-order valence-electron chi connectivity index (χ1n) is 7.73. The molecule has 1 aliphatic heterocycles. The van der Waals surface area contributed by atoms with Gasteiger partial charge < -0.3 is 9.64 Å². The number of ether oxygens (including phenoxy) is 1. The fourth-order valence-electron chi connectivity index (χ4n) is 2.93. The van der Waals surface area contributed by atoms with Crippen LogP contribution < -0.4 is 4.90 Å². The fraction of sp³-hybridized carbons (Fsp3) is 0.353. The van der Waals surface area contributed by atoms with Gasteiger partial charge in [0.1, 0.15) is 10.7 Å². The maximum Gasteiger partial charge on any atom is 0.343 e. The number of nitrogens with zero attached hydrogens (tertiary/aromatic N) is 3. The van der Waals surface area contributed by atoms with E-state index < -0.39 is 5.97 Å². The molecule has 2 heterocycles. The zero-order valence-corrected chi connectivity index (χ0v) is 14.3. The van der Waals surface area contributed by atoms with Crippen molar-refractivity contribution in [3.63, 3.8) is 0 Å². The van der Waals surface area contributed by atoms with Gasteiger partial charge in [-0.25, -0.2) is 4.79 Å². The first-order valence-corrected chi connectivity index (χ1v) is 8.11. The number of esters is 1. The number of halogens is 1. The van der Waals surface area contributed by atoms with Crippen molar-refractivity contribution in [2.75, 3.05) is 18.1 Å². The van der Waals surface area contributed by atoms with Gasteiger partial charge >= 0.3 is 5.97 Å². The van der Waals surface area contributed by atoms with E-state index in [-0.39, 0.29) is 23.2 Å². The van der Waals surface area contributed by atoms with Crippen LogP contribution in [-0.2, 0) is 23.0 Å². The van der Waals surface area contributed by atoms with Gasteiger partial charge in [-0.3, -0.25) is 9.48 Å². The normalized spacial score (nSPS) is 13.5. The summed E-state index contributed by atoms with van der Waals surface area (Å²) < 4.78 is 6.56. The van der Waals surface area contributed by atoms with Crippen molar-refractivity contribution in [2.45, 2.75) is 19.8 Å². The number of para-hydroxylation sites is 1. The van der Waals surface area contributed by atoms with Crippen molar-refractivity contribution in [2.24, 2.45) is 7.05 Å². The molecule has 2 aromatic rings. The van der Waals surface area contributed by atoms with Crippen LogP contribution in [0.3, 0.4) is 0 Å². The molecule has 0 aliphatic carbocycles. The molecule has 0 spiro atoms. The van der Waals surface area contributed by atoms with E-state index in [1.165, 1.54) is 4.68 Å². The molecule has 7 heteroatoms. The van der Waals surface area contributed by atoms with Crippen molar-refractivity contribution in [1.29, 1.82) is 0 Å². The molecule has 126 valence electrons. The molecule has 1 aromatic heterocycles. The minimum absolute atomic E-state index is 0.200. The average Bonchev–Trinajstić information content (AvgIpc) is 2.84. The first kappa shape index (κ1) is 16.5. The number of carbonyl (C=O) groups is 2. The third kappa shape index (κ3) is 3.01. The van der Waals surface area contributed by atoms with Crippen LogP contribution in [0.25, 0.3) is 0 Å². The Balaban J connectivity index is 1.69. The number of hydrogen-bond acceptors (Lipinski definition) is 4. The van der Waals surface area contributed by atoms with E-state index in [4.69, 9.17) is 16.3 Å². The molecule has 6 nitrogen and oxygen atoms in total. The number of fused-ring (bicyclic) bond motifs is 1. The third-order valence-corrected chi connectivity index (χ3v) is 4.53. The van der Waals surface area contributed by atoms with Gasteiger partial charge in [-0.2, -0.15) is 5.10 Å². The summed E-state index contributed by atoms with van der Waals surface area (Å²) in [5.74, 6) is -0.877. The summed E-state index contributed by atoms with van der Waals surface area (Å²) >= 11 is 6.04. The Morgan fingerprint density at radius 2 is 2.08 bits per heavy atom. The number of carbonyl (C=O) groups excluding carboxylic acids is 2. The second-order valence-corrected chi connectivity index (χ2v) is 6.09. The lowest BCUT2D eigenvalue weighted by molar-refractivity contribution is -0.121. The van der Waals surface area contributed by atoms with Gasteiger partial charge in [0, 0.05) is 19.3 Å². The van der Waals surface area contributed by atoms with Crippen molar-refractivity contribution >= 4 is 29.2 Å². The monoisotopic (exact) mass is 347 g/mol. The molecule has 1 aromatic carbocycles. The van der Waals surface area contributed by atoms with Gasteiger partial charge in [0.25, 0.3) is 5.91 Å². The van der Waals surface area contributed by atoms with E-state index in [0.29, 0.717) is 12.2 Å². The molecule has 1 amide bonds. The van der Waals surface area contributed by atoms with Gasteiger partial charge in [0.2, 0.25) is 0 Å². The topological polar surface area (TPSA) is 64.4 Å². The van der Waals surface area contributed by atoms with Crippen molar-refractivity contribution in [1.82, 2.24) is 9.78 Å². The Labute approximate surface area is 145 Å². The van der Waals surface area contributed by atoms with Crippen LogP contribution in [0.5, 0.6) is 0 Å². The summed E-state index contributed by atoms with van der Waals surface area (Å²) in [6.45, 7) is 1.98. The van der Waals surface area contributed by atoms with Gasteiger partial charge in [0.05, 0.1) is 5.69 Å². The van der Waals surface area contributed by atoms with E-state index in [0.717, 1.165) is 24.1 Å². The van der Waals surface area contributed by atoms with E-state index in [9.17, 15) is 9.59 Å². The molecule has 0 N–H and O–H groups in total. The Bertz CT molecular complexity index is 800. The predicted octanol–water partition coefficient (Wildman–Crippen LogP) is 2.52. The molecule has 0 fully saturated rings. The van der Waals surface area contributed by atoms with Crippen LogP contribution in [0.1, 0.15) is 28.0 Å². The highest BCUT2D eigenvalue weighted by Crippen LogP contribution is 2.27. The second kappa shape index (κ2) is 6.65. The lowest BCUT2D eigenvalue weighted by Crippen LogP contribution is -2.38. The molecule has 24 heavy (non-hydrogen) atoms. The van der Waals surface area contributed by atoms with Crippen LogP contribution in [0.15, 0.2) is 24.3 Å². The Morgan fingerprint density at radius 3 is 2.79 bits per heavy atom. The van der Waals surface area contributed by atoms with Gasteiger partial charge in [-0.05, 0) is 31.4 Å². The van der Waals surface area contributed by atoms with Gasteiger partial charge in [-0.15, -0.1) is 0 Å². The highest BCUT2D eigenvalue weighted by Gasteiger charge is 2.25. The Kier molecular flexibility index (Phi) is 4.57. The molecular weight excluding hydrogens is 330 g/mol. The third-order valence-electron chi connectivity index (χ3n) is 4.09. The van der Waals surface area contributed by atoms with Crippen molar-refractivity contribution < 1.29 is 14.3 Å². The van der Waals surface area contributed by atoms with Crippen LogP contribution in [0, 0.1) is 6.92 Å². The van der Waals surface area contributed by atoms with Crippen molar-refractivity contribution in [3.8, 4) is 0 Å². The maximum absolute atomic E-state index is 12.5. The number of aromatic nitrogens is 2. The quantitative estimate of drug-likeness (QED) is 0.800. The molecule has 0 radical (unpaired) electrons. The number of benzene rings is 1. The SMILES string of the molecule is Cc1nn(C)c(Cl)c1C(=O)OCC(=O)N1CCCc2ccccc21. The minimum Gasteiger partial charge on any atom is -0.452 e. The summed E-state index contributed by atoms with van der Waals surface area (Å²) in [6, 6.07) is 7.78. The van der Waals surface area contributed by atoms with Crippen molar-refractivity contribution in [3.05, 3.63) is 46.2 Å². The standard InChI is InChI=1S/C17H18ClN3O3/c1-11-15(16(18)20(2)19-11)17(23)24-10-14(22)21-9-5-7-12-6-3-4-8-13(12)21/h3-4,6,8H,5,7,9-10H2,1-2H3. The largest absolute Gasteiger partial charge is 0.452 e. The molecule has 1 aliphatic rings. The number of anilines is 1. The second-order valence-electron chi connectivity index (χ2n) is 5.73. The first-order chi connectivity index (χ1) is 11.5. The summed E-state index contributed by atoms with van der Waals surface area (Å²) in [4.78, 5) is 26.3. The Morgan fingerprint density at radius 1 is 1.33 bits per heavy atom. The smallest absolute Gasteiger partial charge is 0.343 e. The predicted molar refractivity (Wildman–Crippen MR) is 90.4 cm³/mol. The number of hydrogen-bond donors (Lipinski definition) is 0. The van der Waals surface area contributed by atoms with Crippen LogP contribution in [0.4, 0.5) is 5.69 Å². The molecule has 0 unspecified atom stereocenters. The van der Waals surface area contributed by atoms with E-state index >= 15 is 0 Å². The number of rotatable bonds is 3. The van der Waals surface area contributed by atoms with E-state index in [1.54, 1.807) is 18.9 Å². The molecule has 0 atom stereocenters. The van der Waals surface area contributed by atoms with Crippen LogP contribution in [0.2, 0.25) is 5.15 Å². The van der Waals surface area contributed by atoms with Crippen LogP contribution in [-0.4, -0.2) is 34.8 Å². The molecule has 3 rings (SSSR count). The summed E-state index contributed by atoms with van der Waals surface area (Å²) in [5.41, 5.74) is 2.70. The summed E-state index contributed by atoms with van der Waals surface area (Å²) in [6.07, 6.45) is 1.84. The van der Waals surface area contributed by atoms with Crippen LogP contribution >= 0.6 is 11.6 Å². The zero-order chi connectivity index (χ0) is 17.3. The minimum atomic E-state index is -0.635. The van der Waals surface area contributed by atoms with Gasteiger partial charge in [0.15, 0.2) is 6.61 Å². The molecule has 0 bridgehead atoms. The van der Waals surface area contributed by atoms with E-state index in [1.807, 2.05) is 24.3 Å². The molecular formula is C17H18ClN3O3. The maximum atomic E-state index is 12.5. The summed E-state index contributed by atoms with van der Waals surface area (Å²) in [7, 11) is 1.64. The number of amides is 1. The molecule has 0 saturated heterocycles. The number of aryl methyl sites for hydroxylation is 3. The zero-order valence-electron chi connectivity index (χ0n) is 13.6. The highest BCUT2D eigenvalue weighted by molar-refractivity contribution is 6.32.